The van der Waals surface area contributed by atoms with E-state index < -0.39 is 0 Å². The van der Waals surface area contributed by atoms with Gasteiger partial charge in [-0.15, -0.1) is 0 Å². The van der Waals surface area contributed by atoms with E-state index in [1.807, 2.05) is 31.2 Å². The van der Waals surface area contributed by atoms with Crippen molar-refractivity contribution in [3.05, 3.63) is 36.7 Å². The summed E-state index contributed by atoms with van der Waals surface area (Å²) in [4.78, 5) is 17.4. The summed E-state index contributed by atoms with van der Waals surface area (Å²) >= 11 is 0. The second-order valence-electron chi connectivity index (χ2n) is 4.51. The molecule has 7 heteroatoms. The van der Waals surface area contributed by atoms with Crippen molar-refractivity contribution in [2.24, 2.45) is 0 Å². The Hall–Kier alpha value is -2.96. The van der Waals surface area contributed by atoms with Crippen molar-refractivity contribution in [2.75, 3.05) is 24.3 Å². The van der Waals surface area contributed by atoms with Gasteiger partial charge in [0.1, 0.15) is 5.75 Å². The molecule has 112 valence electrons. The molecule has 0 aliphatic carbocycles. The van der Waals surface area contributed by atoms with Crippen LogP contribution in [0.4, 0.5) is 17.5 Å². The molecule has 2 N–H and O–H groups in total. The lowest BCUT2D eigenvalue weighted by Crippen LogP contribution is -2.06. The van der Waals surface area contributed by atoms with Crippen LogP contribution in [0.15, 0.2) is 36.7 Å². The number of benzene rings is 1. The summed E-state index contributed by atoms with van der Waals surface area (Å²) in [5, 5.41) is 6.34. The number of methoxy groups -OCH3 is 1. The third-order valence-electron chi connectivity index (χ3n) is 3.02. The minimum Gasteiger partial charge on any atom is -0.497 e. The quantitative estimate of drug-likeness (QED) is 0.748. The lowest BCUT2D eigenvalue weighted by Gasteiger charge is -2.10. The van der Waals surface area contributed by atoms with Crippen LogP contribution in [0.5, 0.6) is 5.75 Å². The van der Waals surface area contributed by atoms with E-state index in [2.05, 4.69) is 30.6 Å². The van der Waals surface area contributed by atoms with Gasteiger partial charge in [-0.3, -0.25) is 0 Å². The molecule has 0 saturated heterocycles. The maximum absolute atomic E-state index is 5.15. The van der Waals surface area contributed by atoms with Gasteiger partial charge < -0.3 is 15.4 Å². The number of anilines is 3. The van der Waals surface area contributed by atoms with Crippen molar-refractivity contribution in [1.29, 1.82) is 0 Å². The average Bonchev–Trinajstić information content (AvgIpc) is 2.56. The fraction of sp³-hybridized carbons (Fsp3) is 0.200. The molecule has 22 heavy (non-hydrogen) atoms. The van der Waals surface area contributed by atoms with Crippen molar-refractivity contribution in [3.63, 3.8) is 0 Å². The highest BCUT2D eigenvalue weighted by Gasteiger charge is 2.09. The van der Waals surface area contributed by atoms with Gasteiger partial charge >= 0.3 is 0 Å². The summed E-state index contributed by atoms with van der Waals surface area (Å²) in [5.74, 6) is 1.93. The highest BCUT2D eigenvalue weighted by atomic mass is 16.5. The number of aromatic nitrogens is 4. The van der Waals surface area contributed by atoms with Gasteiger partial charge in [0.15, 0.2) is 17.0 Å². The van der Waals surface area contributed by atoms with Crippen LogP contribution < -0.4 is 15.4 Å². The molecule has 1 aromatic carbocycles. The molecule has 0 unspecified atom stereocenters. The SMILES string of the molecule is CCNc1nc(Nc2ccc(OC)cc2)c2nccnc2n1. The zero-order chi connectivity index (χ0) is 15.4. The second-order valence-corrected chi connectivity index (χ2v) is 4.51. The monoisotopic (exact) mass is 296 g/mol. The number of rotatable bonds is 5. The number of fused-ring (bicyclic) bond motifs is 1. The number of ether oxygens (including phenoxy) is 1. The van der Waals surface area contributed by atoms with E-state index in [1.54, 1.807) is 19.5 Å². The summed E-state index contributed by atoms with van der Waals surface area (Å²) < 4.78 is 5.15. The molecular weight excluding hydrogens is 280 g/mol. The van der Waals surface area contributed by atoms with Crippen LogP contribution in [0.25, 0.3) is 11.2 Å². The van der Waals surface area contributed by atoms with Gasteiger partial charge in [-0.25, -0.2) is 9.97 Å². The van der Waals surface area contributed by atoms with E-state index in [-0.39, 0.29) is 0 Å². The van der Waals surface area contributed by atoms with E-state index in [1.165, 1.54) is 0 Å². The van der Waals surface area contributed by atoms with Crippen molar-refractivity contribution >= 4 is 28.6 Å². The lowest BCUT2D eigenvalue weighted by molar-refractivity contribution is 0.415. The Labute approximate surface area is 127 Å². The van der Waals surface area contributed by atoms with E-state index in [0.717, 1.165) is 18.0 Å². The average molecular weight is 296 g/mol. The Morgan fingerprint density at radius 1 is 1.05 bits per heavy atom. The molecule has 2 aromatic heterocycles. The Morgan fingerprint density at radius 3 is 2.55 bits per heavy atom. The summed E-state index contributed by atoms with van der Waals surface area (Å²) in [5.41, 5.74) is 2.05. The molecule has 0 bridgehead atoms. The molecule has 7 nitrogen and oxygen atoms in total. The van der Waals surface area contributed by atoms with Gasteiger partial charge in [0.2, 0.25) is 5.95 Å². The molecule has 0 amide bonds. The zero-order valence-electron chi connectivity index (χ0n) is 12.4. The molecule has 3 aromatic rings. The van der Waals surface area contributed by atoms with Gasteiger partial charge in [-0.1, -0.05) is 0 Å². The predicted octanol–water partition coefficient (Wildman–Crippen LogP) is 2.60. The first-order valence-corrected chi connectivity index (χ1v) is 6.94. The first-order chi connectivity index (χ1) is 10.8. The van der Waals surface area contributed by atoms with Crippen LogP contribution in [-0.2, 0) is 0 Å². The topological polar surface area (TPSA) is 84.9 Å². The van der Waals surface area contributed by atoms with Crippen molar-refractivity contribution in [3.8, 4) is 5.75 Å². The lowest BCUT2D eigenvalue weighted by atomic mass is 10.3. The minimum absolute atomic E-state index is 0.520. The van der Waals surface area contributed by atoms with Crippen molar-refractivity contribution in [1.82, 2.24) is 19.9 Å². The molecule has 0 radical (unpaired) electrons. The molecular formula is C15H16N6O. The van der Waals surface area contributed by atoms with Crippen molar-refractivity contribution < 1.29 is 4.74 Å². The van der Waals surface area contributed by atoms with Crippen LogP contribution in [-0.4, -0.2) is 33.6 Å². The molecule has 0 aliphatic rings. The number of hydrogen-bond acceptors (Lipinski definition) is 7. The Kier molecular flexibility index (Phi) is 3.95. The molecule has 0 aliphatic heterocycles. The van der Waals surface area contributed by atoms with Gasteiger partial charge in [0, 0.05) is 24.6 Å². The number of hydrogen-bond donors (Lipinski definition) is 2. The third kappa shape index (κ3) is 2.88. The normalized spacial score (nSPS) is 10.5. The van der Waals surface area contributed by atoms with Gasteiger partial charge in [-0.05, 0) is 31.2 Å². The summed E-state index contributed by atoms with van der Waals surface area (Å²) in [6, 6.07) is 7.58. The van der Waals surface area contributed by atoms with Crippen LogP contribution in [0, 0.1) is 0 Å². The van der Waals surface area contributed by atoms with Gasteiger partial charge in [-0.2, -0.15) is 9.97 Å². The van der Waals surface area contributed by atoms with Crippen LogP contribution in [0.2, 0.25) is 0 Å². The molecule has 0 saturated carbocycles. The van der Waals surface area contributed by atoms with Crippen LogP contribution in [0.3, 0.4) is 0 Å². The third-order valence-corrected chi connectivity index (χ3v) is 3.02. The van der Waals surface area contributed by atoms with E-state index in [9.17, 15) is 0 Å². The molecule has 0 atom stereocenters. The highest BCUT2D eigenvalue weighted by Crippen LogP contribution is 2.23. The summed E-state index contributed by atoms with van der Waals surface area (Å²) in [6.07, 6.45) is 3.24. The van der Waals surface area contributed by atoms with E-state index in [4.69, 9.17) is 4.74 Å². The number of nitrogens with zero attached hydrogens (tertiary/aromatic N) is 4. The smallest absolute Gasteiger partial charge is 0.226 e. The van der Waals surface area contributed by atoms with E-state index >= 15 is 0 Å². The highest BCUT2D eigenvalue weighted by molar-refractivity contribution is 5.85. The molecule has 0 fully saturated rings. The van der Waals surface area contributed by atoms with Gasteiger partial charge in [0.25, 0.3) is 0 Å². The summed E-state index contributed by atoms with van der Waals surface area (Å²) in [6.45, 7) is 2.72. The number of nitrogens with one attached hydrogen (secondary N) is 2. The molecule has 2 heterocycles. The Morgan fingerprint density at radius 2 is 1.82 bits per heavy atom. The first kappa shape index (κ1) is 14.0. The fourth-order valence-corrected chi connectivity index (χ4v) is 2.00. The standard InChI is InChI=1S/C15H16N6O/c1-3-16-15-20-13-12(17-8-9-18-13)14(21-15)19-10-4-6-11(22-2)7-5-10/h4-9H,3H2,1-2H3,(H2,16,18,19,20,21). The zero-order valence-corrected chi connectivity index (χ0v) is 12.4. The molecule has 3 rings (SSSR count). The van der Waals surface area contributed by atoms with Crippen LogP contribution >= 0.6 is 0 Å². The predicted molar refractivity (Wildman–Crippen MR) is 85.6 cm³/mol. The Bertz CT molecular complexity index is 775. The molecule has 0 spiro atoms. The maximum Gasteiger partial charge on any atom is 0.226 e. The maximum atomic E-state index is 5.15. The fourth-order valence-electron chi connectivity index (χ4n) is 2.00. The summed E-state index contributed by atoms with van der Waals surface area (Å²) in [7, 11) is 1.64. The van der Waals surface area contributed by atoms with Crippen molar-refractivity contribution in [2.45, 2.75) is 6.92 Å². The second kappa shape index (κ2) is 6.21. The Balaban J connectivity index is 2.00. The minimum atomic E-state index is 0.520. The van der Waals surface area contributed by atoms with Gasteiger partial charge in [0.05, 0.1) is 7.11 Å². The largest absolute Gasteiger partial charge is 0.497 e. The first-order valence-electron chi connectivity index (χ1n) is 6.94. The van der Waals surface area contributed by atoms with E-state index in [0.29, 0.717) is 22.9 Å². The van der Waals surface area contributed by atoms with Crippen LogP contribution in [0.1, 0.15) is 6.92 Å².